The van der Waals surface area contributed by atoms with Crippen molar-refractivity contribution in [3.8, 4) is 0 Å². The molecule has 1 aliphatic rings. The topological polar surface area (TPSA) is 3.01 Å². The average Bonchev–Trinajstić information content (AvgIpc) is 2.66. The van der Waals surface area contributed by atoms with E-state index in [1.807, 2.05) is 0 Å². The molecule has 0 radical (unpaired) electrons. The normalized spacial score (nSPS) is 29.5. The Kier molecular flexibility index (Phi) is 3.38. The zero-order valence-corrected chi connectivity index (χ0v) is 8.14. The van der Waals surface area contributed by atoms with Crippen LogP contribution in [0.1, 0.15) is 40.0 Å². The van der Waals surface area contributed by atoms with Gasteiger partial charge in [-0.15, -0.1) is 0 Å². The van der Waals surface area contributed by atoms with Gasteiger partial charge in [-0.25, -0.2) is 0 Å². The summed E-state index contributed by atoms with van der Waals surface area (Å²) in [6, 6.07) is 0.946. The Labute approximate surface area is 70.8 Å². The molecule has 2 atom stereocenters. The summed E-state index contributed by atoms with van der Waals surface area (Å²) in [5.74, 6) is 0.884. The smallest absolute Gasteiger partial charge is 0.0221 e. The van der Waals surface area contributed by atoms with Crippen molar-refractivity contribution in [2.45, 2.75) is 46.1 Å². The van der Waals surface area contributed by atoms with Crippen LogP contribution in [0, 0.1) is 5.92 Å². The molecule has 1 saturated heterocycles. The fraction of sp³-hybridized carbons (Fsp3) is 1.00. The summed E-state index contributed by atoms with van der Waals surface area (Å²) >= 11 is 0. The molecule has 1 fully saturated rings. The number of hydrogen-bond donors (Lipinski definition) is 0. The first-order chi connectivity index (χ1) is 5.24. The Balaban J connectivity index is 1.90. The lowest BCUT2D eigenvalue weighted by Crippen LogP contribution is -2.04. The maximum Gasteiger partial charge on any atom is 0.0221 e. The zero-order valence-electron chi connectivity index (χ0n) is 8.14. The van der Waals surface area contributed by atoms with Gasteiger partial charge in [0, 0.05) is 12.6 Å². The molecule has 0 N–H and O–H groups in total. The summed E-state index contributed by atoms with van der Waals surface area (Å²) < 4.78 is 0. The summed E-state index contributed by atoms with van der Waals surface area (Å²) in [6.45, 7) is 9.61. The molecule has 1 aliphatic heterocycles. The molecule has 0 aliphatic carbocycles. The van der Waals surface area contributed by atoms with Crippen molar-refractivity contribution < 1.29 is 0 Å². The van der Waals surface area contributed by atoms with Crippen molar-refractivity contribution in [3.05, 3.63) is 0 Å². The molecule has 0 aromatic rings. The van der Waals surface area contributed by atoms with Gasteiger partial charge in [0.1, 0.15) is 0 Å². The van der Waals surface area contributed by atoms with Crippen molar-refractivity contribution in [2.24, 2.45) is 5.92 Å². The predicted octanol–water partition coefficient (Wildman–Crippen LogP) is 2.52. The van der Waals surface area contributed by atoms with Crippen molar-refractivity contribution in [1.82, 2.24) is 4.90 Å². The van der Waals surface area contributed by atoms with E-state index in [9.17, 15) is 0 Å². The van der Waals surface area contributed by atoms with Gasteiger partial charge in [-0.2, -0.15) is 0 Å². The van der Waals surface area contributed by atoms with Gasteiger partial charge in [0.25, 0.3) is 0 Å². The first-order valence-electron chi connectivity index (χ1n) is 4.98. The second kappa shape index (κ2) is 4.10. The van der Waals surface area contributed by atoms with Crippen molar-refractivity contribution in [3.63, 3.8) is 0 Å². The van der Waals surface area contributed by atoms with Crippen LogP contribution in [0.25, 0.3) is 0 Å². The molecule has 0 spiro atoms. The van der Waals surface area contributed by atoms with E-state index in [4.69, 9.17) is 0 Å². The van der Waals surface area contributed by atoms with Crippen LogP contribution in [-0.2, 0) is 0 Å². The fourth-order valence-electron chi connectivity index (χ4n) is 1.59. The van der Waals surface area contributed by atoms with Gasteiger partial charge in [-0.1, -0.05) is 20.8 Å². The molecule has 66 valence electrons. The highest BCUT2D eigenvalue weighted by Gasteiger charge is 2.30. The molecule has 1 rings (SSSR count). The molecular formula is C10H21N. The third-order valence-electron chi connectivity index (χ3n) is 2.53. The lowest BCUT2D eigenvalue weighted by molar-refractivity contribution is 0.444. The van der Waals surface area contributed by atoms with Crippen molar-refractivity contribution >= 4 is 0 Å². The minimum atomic E-state index is 0.884. The van der Waals surface area contributed by atoms with Crippen LogP contribution in [0.2, 0.25) is 0 Å². The van der Waals surface area contributed by atoms with Gasteiger partial charge in [-0.05, 0) is 31.7 Å². The zero-order chi connectivity index (χ0) is 8.27. The molecule has 1 heteroatoms. The van der Waals surface area contributed by atoms with Crippen LogP contribution in [0.4, 0.5) is 0 Å². The third-order valence-corrected chi connectivity index (χ3v) is 2.53. The van der Waals surface area contributed by atoms with Gasteiger partial charge in [-0.3, -0.25) is 4.90 Å². The summed E-state index contributed by atoms with van der Waals surface area (Å²) in [5, 5.41) is 0. The maximum atomic E-state index is 2.59. The van der Waals surface area contributed by atoms with E-state index >= 15 is 0 Å². The molecule has 0 amide bonds. The van der Waals surface area contributed by atoms with Crippen LogP contribution in [0.3, 0.4) is 0 Å². The molecule has 11 heavy (non-hydrogen) atoms. The fourth-order valence-corrected chi connectivity index (χ4v) is 1.59. The van der Waals surface area contributed by atoms with Crippen LogP contribution < -0.4 is 0 Å². The summed E-state index contributed by atoms with van der Waals surface area (Å²) in [7, 11) is 0. The highest BCUT2D eigenvalue weighted by Crippen LogP contribution is 2.21. The Hall–Kier alpha value is -0.0400. The van der Waals surface area contributed by atoms with Crippen LogP contribution >= 0.6 is 0 Å². The first kappa shape index (κ1) is 9.05. The van der Waals surface area contributed by atoms with Gasteiger partial charge in [0.15, 0.2) is 0 Å². The molecule has 0 aromatic carbocycles. The van der Waals surface area contributed by atoms with E-state index in [1.54, 1.807) is 0 Å². The Morgan fingerprint density at radius 3 is 2.64 bits per heavy atom. The number of nitrogens with zero attached hydrogens (tertiary/aromatic N) is 1. The molecule has 0 aromatic heterocycles. The lowest BCUT2D eigenvalue weighted by atomic mass is 10.1. The van der Waals surface area contributed by atoms with Gasteiger partial charge in [0.05, 0.1) is 0 Å². The standard InChI is InChI=1S/C10H21N/c1-4-10-8-11(10)7-5-6-9(2)3/h9-10H,4-8H2,1-3H3. The van der Waals surface area contributed by atoms with E-state index < -0.39 is 0 Å². The molecule has 2 unspecified atom stereocenters. The molecule has 0 bridgehead atoms. The minimum Gasteiger partial charge on any atom is -0.298 e. The van der Waals surface area contributed by atoms with Gasteiger partial charge >= 0.3 is 0 Å². The maximum absolute atomic E-state index is 2.59. The monoisotopic (exact) mass is 155 g/mol. The average molecular weight is 155 g/mol. The number of hydrogen-bond acceptors (Lipinski definition) is 1. The van der Waals surface area contributed by atoms with Crippen LogP contribution in [0.15, 0.2) is 0 Å². The second-order valence-corrected chi connectivity index (χ2v) is 4.09. The van der Waals surface area contributed by atoms with Crippen molar-refractivity contribution in [2.75, 3.05) is 13.1 Å². The van der Waals surface area contributed by atoms with E-state index in [-0.39, 0.29) is 0 Å². The van der Waals surface area contributed by atoms with E-state index in [0.29, 0.717) is 0 Å². The highest BCUT2D eigenvalue weighted by molar-refractivity contribution is 4.87. The largest absolute Gasteiger partial charge is 0.298 e. The highest BCUT2D eigenvalue weighted by atomic mass is 15.3. The first-order valence-corrected chi connectivity index (χ1v) is 4.98. The van der Waals surface area contributed by atoms with Gasteiger partial charge in [0.2, 0.25) is 0 Å². The molecule has 1 heterocycles. The van der Waals surface area contributed by atoms with E-state index in [1.165, 1.54) is 32.4 Å². The summed E-state index contributed by atoms with van der Waals surface area (Å²) in [5.41, 5.74) is 0. The molecular weight excluding hydrogens is 134 g/mol. The Morgan fingerprint density at radius 2 is 2.18 bits per heavy atom. The van der Waals surface area contributed by atoms with Gasteiger partial charge < -0.3 is 0 Å². The van der Waals surface area contributed by atoms with Crippen molar-refractivity contribution in [1.29, 1.82) is 0 Å². The van der Waals surface area contributed by atoms with Crippen LogP contribution in [-0.4, -0.2) is 24.0 Å². The minimum absolute atomic E-state index is 0.884. The van der Waals surface area contributed by atoms with Crippen LogP contribution in [0.5, 0.6) is 0 Å². The SMILES string of the molecule is CCC1CN1CCCC(C)C. The van der Waals surface area contributed by atoms with E-state index in [2.05, 4.69) is 25.7 Å². The Morgan fingerprint density at radius 1 is 1.45 bits per heavy atom. The lowest BCUT2D eigenvalue weighted by Gasteiger charge is -2.04. The summed E-state index contributed by atoms with van der Waals surface area (Å²) in [6.07, 6.45) is 4.14. The summed E-state index contributed by atoms with van der Waals surface area (Å²) in [4.78, 5) is 2.59. The second-order valence-electron chi connectivity index (χ2n) is 4.09. The molecule has 0 saturated carbocycles. The predicted molar refractivity (Wildman–Crippen MR) is 49.7 cm³/mol. The van der Waals surface area contributed by atoms with E-state index in [0.717, 1.165) is 12.0 Å². The third kappa shape index (κ3) is 3.24. The quantitative estimate of drug-likeness (QED) is 0.551. The number of rotatable bonds is 5. The molecule has 1 nitrogen and oxygen atoms in total. The Bertz CT molecular complexity index is 109.